The van der Waals surface area contributed by atoms with Crippen molar-refractivity contribution in [3.63, 3.8) is 0 Å². The summed E-state index contributed by atoms with van der Waals surface area (Å²) in [5, 5.41) is 15.8. The highest BCUT2D eigenvalue weighted by Crippen LogP contribution is 2.40. The summed E-state index contributed by atoms with van der Waals surface area (Å²) in [6.07, 6.45) is 0. The van der Waals surface area contributed by atoms with Crippen LogP contribution in [0.15, 0.2) is 15.7 Å². The quantitative estimate of drug-likeness (QED) is 0.710. The number of hydrogen-bond acceptors (Lipinski definition) is 5. The Morgan fingerprint density at radius 3 is 2.62 bits per heavy atom. The third-order valence-corrected chi connectivity index (χ3v) is 6.39. The summed E-state index contributed by atoms with van der Waals surface area (Å²) < 4.78 is 2.01. The highest BCUT2D eigenvalue weighted by atomic mass is 79.9. The number of carbonyl (C=O) groups excluding carboxylic acids is 2. The highest BCUT2D eigenvalue weighted by molar-refractivity contribution is 9.10. The van der Waals surface area contributed by atoms with E-state index in [-0.39, 0.29) is 5.70 Å². The number of nitrogens with one attached hydrogen (secondary N) is 1. The summed E-state index contributed by atoms with van der Waals surface area (Å²) in [4.78, 5) is 37.5. The van der Waals surface area contributed by atoms with Crippen molar-refractivity contribution in [2.45, 2.75) is 25.3 Å². The molecule has 24 heavy (non-hydrogen) atoms. The molecule has 1 aromatic rings. The predicted octanol–water partition coefficient (Wildman–Crippen LogP) is 0.863. The number of aliphatic carboxylic acids is 1. The monoisotopic (exact) mass is 414 g/mol. The standard InChI is InChI=1S/C14H15BrN4O4S/c1-5-4-24-13-8(12(21)19(13)9(5)14(22)23)16-11(20)10-7(15)6(2)17-18(10)3/h8,13H,4H2,1-3H3,(H,16,20)(H,22,23)/t8-,13+/m1/s1. The van der Waals surface area contributed by atoms with Gasteiger partial charge in [0.05, 0.1) is 10.2 Å². The second kappa shape index (κ2) is 5.92. The number of thioether (sulfide) groups is 1. The van der Waals surface area contributed by atoms with Gasteiger partial charge in [0, 0.05) is 12.8 Å². The van der Waals surface area contributed by atoms with E-state index in [4.69, 9.17) is 0 Å². The highest BCUT2D eigenvalue weighted by Gasteiger charge is 2.53. The van der Waals surface area contributed by atoms with Crippen LogP contribution in [0.1, 0.15) is 23.1 Å². The number of carbonyl (C=O) groups is 3. The molecule has 0 aromatic carbocycles. The molecular weight excluding hydrogens is 400 g/mol. The van der Waals surface area contributed by atoms with Gasteiger partial charge in [-0.2, -0.15) is 5.10 Å². The molecule has 0 spiro atoms. The molecule has 8 nitrogen and oxygen atoms in total. The number of hydrogen-bond donors (Lipinski definition) is 2. The Kier molecular flexibility index (Phi) is 4.20. The Hall–Kier alpha value is -1.81. The SMILES string of the molecule is CC1=C(C(=O)O)N2C(=O)[C@@H](NC(=O)c3c(Br)c(C)nn3C)[C@@H]2SC1. The molecule has 10 heteroatoms. The minimum atomic E-state index is -1.12. The maximum Gasteiger partial charge on any atom is 0.352 e. The summed E-state index contributed by atoms with van der Waals surface area (Å²) >= 11 is 4.76. The van der Waals surface area contributed by atoms with Crippen LogP contribution in [-0.4, -0.2) is 54.7 Å². The number of amides is 2. The molecule has 2 aliphatic heterocycles. The molecule has 0 unspecified atom stereocenters. The van der Waals surface area contributed by atoms with Crippen molar-refractivity contribution in [2.75, 3.05) is 5.75 Å². The Morgan fingerprint density at radius 2 is 2.08 bits per heavy atom. The van der Waals surface area contributed by atoms with Crippen molar-refractivity contribution in [1.82, 2.24) is 20.0 Å². The van der Waals surface area contributed by atoms with Gasteiger partial charge in [0.15, 0.2) is 0 Å². The lowest BCUT2D eigenvalue weighted by molar-refractivity contribution is -0.148. The van der Waals surface area contributed by atoms with Gasteiger partial charge in [0.1, 0.15) is 22.8 Å². The van der Waals surface area contributed by atoms with Crippen molar-refractivity contribution in [3.8, 4) is 0 Å². The molecule has 2 amide bonds. The number of halogens is 1. The number of aromatic nitrogens is 2. The van der Waals surface area contributed by atoms with Crippen LogP contribution in [0.25, 0.3) is 0 Å². The summed E-state index contributed by atoms with van der Waals surface area (Å²) in [5.74, 6) is -1.45. The van der Waals surface area contributed by atoms with Crippen LogP contribution >= 0.6 is 27.7 Å². The fourth-order valence-electron chi connectivity index (χ4n) is 2.86. The van der Waals surface area contributed by atoms with Crippen molar-refractivity contribution in [1.29, 1.82) is 0 Å². The molecule has 0 aliphatic carbocycles. The molecule has 0 saturated carbocycles. The van der Waals surface area contributed by atoms with Crippen molar-refractivity contribution < 1.29 is 19.5 Å². The molecule has 0 bridgehead atoms. The van der Waals surface area contributed by atoms with E-state index < -0.39 is 29.2 Å². The van der Waals surface area contributed by atoms with Gasteiger partial charge < -0.3 is 10.4 Å². The largest absolute Gasteiger partial charge is 0.477 e. The van der Waals surface area contributed by atoms with Crippen LogP contribution in [0.4, 0.5) is 0 Å². The molecule has 1 aromatic heterocycles. The lowest BCUT2D eigenvalue weighted by Gasteiger charge is -2.49. The zero-order valence-corrected chi connectivity index (χ0v) is 15.6. The van der Waals surface area contributed by atoms with E-state index in [0.717, 1.165) is 0 Å². The molecule has 2 N–H and O–H groups in total. The Morgan fingerprint density at radius 1 is 1.42 bits per heavy atom. The third-order valence-electron chi connectivity index (χ3n) is 4.01. The van der Waals surface area contributed by atoms with E-state index in [0.29, 0.717) is 27.2 Å². The number of aryl methyl sites for hydroxylation is 2. The molecule has 1 saturated heterocycles. The van der Waals surface area contributed by atoms with Gasteiger partial charge in [-0.15, -0.1) is 11.8 Å². The Balaban J connectivity index is 1.81. The molecule has 2 aliphatic rings. The van der Waals surface area contributed by atoms with Gasteiger partial charge in [0.2, 0.25) is 0 Å². The number of fused-ring (bicyclic) bond motifs is 1. The molecule has 2 atom stereocenters. The van der Waals surface area contributed by atoms with Crippen LogP contribution in [0.3, 0.4) is 0 Å². The van der Waals surface area contributed by atoms with Gasteiger partial charge in [0.25, 0.3) is 11.8 Å². The Labute approximate surface area is 150 Å². The molecule has 3 heterocycles. The fourth-order valence-corrected chi connectivity index (χ4v) is 4.67. The van der Waals surface area contributed by atoms with Crippen molar-refractivity contribution in [2.24, 2.45) is 7.05 Å². The van der Waals surface area contributed by atoms with Gasteiger partial charge in [-0.05, 0) is 35.4 Å². The average Bonchev–Trinajstić information content (AvgIpc) is 2.76. The first-order chi connectivity index (χ1) is 11.2. The molecular formula is C14H15BrN4O4S. The minimum absolute atomic E-state index is 0.0202. The van der Waals surface area contributed by atoms with Gasteiger partial charge in [-0.25, -0.2) is 4.79 Å². The normalized spacial score (nSPS) is 23.0. The van der Waals surface area contributed by atoms with Crippen LogP contribution in [0, 0.1) is 6.92 Å². The lowest BCUT2D eigenvalue weighted by Crippen LogP contribution is -2.70. The van der Waals surface area contributed by atoms with Gasteiger partial charge in [-0.1, -0.05) is 0 Å². The summed E-state index contributed by atoms with van der Waals surface area (Å²) in [6.45, 7) is 3.46. The second-order valence-corrected chi connectivity index (χ2v) is 7.56. The van der Waals surface area contributed by atoms with E-state index in [9.17, 15) is 19.5 Å². The number of rotatable bonds is 3. The maximum absolute atomic E-state index is 12.5. The Bertz CT molecular complexity index is 803. The number of nitrogens with zero attached hydrogens (tertiary/aromatic N) is 3. The van der Waals surface area contributed by atoms with E-state index in [1.807, 2.05) is 0 Å². The molecule has 3 rings (SSSR count). The molecule has 0 radical (unpaired) electrons. The smallest absolute Gasteiger partial charge is 0.352 e. The van der Waals surface area contributed by atoms with Gasteiger partial charge in [-0.3, -0.25) is 19.2 Å². The second-order valence-electron chi connectivity index (χ2n) is 5.67. The van der Waals surface area contributed by atoms with E-state index in [1.54, 1.807) is 20.9 Å². The number of β-lactam (4-membered cyclic amide) rings is 1. The number of carboxylic acid groups (broad SMARTS) is 1. The van der Waals surface area contributed by atoms with Crippen LogP contribution < -0.4 is 5.32 Å². The van der Waals surface area contributed by atoms with Crippen molar-refractivity contribution >= 4 is 45.5 Å². The summed E-state index contributed by atoms with van der Waals surface area (Å²) in [7, 11) is 1.64. The predicted molar refractivity (Wildman–Crippen MR) is 90.3 cm³/mol. The molecule has 1 fully saturated rings. The first kappa shape index (κ1) is 17.0. The zero-order valence-electron chi connectivity index (χ0n) is 13.2. The van der Waals surface area contributed by atoms with Crippen LogP contribution in [0.2, 0.25) is 0 Å². The summed E-state index contributed by atoms with van der Waals surface area (Å²) in [5.41, 5.74) is 1.66. The third kappa shape index (κ3) is 2.44. The van der Waals surface area contributed by atoms with Crippen molar-refractivity contribution in [3.05, 3.63) is 27.1 Å². The lowest BCUT2D eigenvalue weighted by atomic mass is 10.0. The van der Waals surface area contributed by atoms with Gasteiger partial charge >= 0.3 is 5.97 Å². The fraction of sp³-hybridized carbons (Fsp3) is 0.429. The zero-order chi connectivity index (χ0) is 17.8. The molecule has 128 valence electrons. The van der Waals surface area contributed by atoms with E-state index >= 15 is 0 Å². The van der Waals surface area contributed by atoms with Crippen LogP contribution in [0.5, 0.6) is 0 Å². The first-order valence-electron chi connectivity index (χ1n) is 7.11. The topological polar surface area (TPSA) is 105 Å². The van der Waals surface area contributed by atoms with Crippen LogP contribution in [-0.2, 0) is 16.6 Å². The minimum Gasteiger partial charge on any atom is -0.477 e. The summed E-state index contributed by atoms with van der Waals surface area (Å²) in [6, 6.07) is -0.743. The number of carboxylic acids is 1. The van der Waals surface area contributed by atoms with E-state index in [2.05, 4.69) is 26.3 Å². The first-order valence-corrected chi connectivity index (χ1v) is 8.96. The average molecular weight is 415 g/mol. The van der Waals surface area contributed by atoms with E-state index in [1.165, 1.54) is 21.3 Å². The maximum atomic E-state index is 12.5.